The van der Waals surface area contributed by atoms with E-state index in [1.165, 1.54) is 4.90 Å². The summed E-state index contributed by atoms with van der Waals surface area (Å²) in [6.07, 6.45) is -0.706. The standard InChI is InChI=1S/C12H23NO4/c1-11(2,3)17-10(15)13-7-8(14)6-9(13)12(4,5)16/h8-9,14,16H,6-7H2,1-5H3/t8-,9-/m1/s1. The largest absolute Gasteiger partial charge is 0.444 e. The lowest BCUT2D eigenvalue weighted by molar-refractivity contribution is -0.0240. The van der Waals surface area contributed by atoms with Crippen molar-refractivity contribution in [3.63, 3.8) is 0 Å². The zero-order chi connectivity index (χ0) is 13.4. The van der Waals surface area contributed by atoms with E-state index in [-0.39, 0.29) is 6.54 Å². The number of aliphatic hydroxyl groups excluding tert-OH is 1. The number of hydrogen-bond donors (Lipinski definition) is 2. The number of aliphatic hydroxyl groups is 2. The molecule has 1 amide bonds. The Morgan fingerprint density at radius 3 is 2.24 bits per heavy atom. The normalized spacial score (nSPS) is 26.2. The van der Waals surface area contributed by atoms with Crippen molar-refractivity contribution in [3.05, 3.63) is 0 Å². The average Bonchev–Trinajstić information content (AvgIpc) is 2.43. The van der Waals surface area contributed by atoms with Crippen LogP contribution in [0.2, 0.25) is 0 Å². The number of carbonyl (C=O) groups is 1. The molecule has 0 spiro atoms. The summed E-state index contributed by atoms with van der Waals surface area (Å²) in [5.41, 5.74) is -1.62. The predicted molar refractivity (Wildman–Crippen MR) is 63.6 cm³/mol. The van der Waals surface area contributed by atoms with Crippen LogP contribution in [-0.2, 0) is 4.74 Å². The van der Waals surface area contributed by atoms with E-state index in [1.54, 1.807) is 34.6 Å². The Hall–Kier alpha value is -0.810. The summed E-state index contributed by atoms with van der Waals surface area (Å²) in [6, 6.07) is -0.410. The minimum absolute atomic E-state index is 0.212. The third-order valence-electron chi connectivity index (χ3n) is 2.72. The molecule has 0 saturated carbocycles. The van der Waals surface area contributed by atoms with Crippen LogP contribution in [0.25, 0.3) is 0 Å². The van der Waals surface area contributed by atoms with Gasteiger partial charge in [-0.15, -0.1) is 0 Å². The van der Waals surface area contributed by atoms with E-state index < -0.39 is 29.4 Å². The van der Waals surface area contributed by atoms with Gasteiger partial charge in [0.05, 0.1) is 24.3 Å². The minimum atomic E-state index is -1.05. The third-order valence-corrected chi connectivity index (χ3v) is 2.72. The van der Waals surface area contributed by atoms with Crippen molar-refractivity contribution in [3.8, 4) is 0 Å². The van der Waals surface area contributed by atoms with E-state index in [1.807, 2.05) is 0 Å². The van der Waals surface area contributed by atoms with E-state index in [2.05, 4.69) is 0 Å². The van der Waals surface area contributed by atoms with E-state index in [0.717, 1.165) is 0 Å². The van der Waals surface area contributed by atoms with Gasteiger partial charge >= 0.3 is 6.09 Å². The van der Waals surface area contributed by atoms with Crippen molar-refractivity contribution < 1.29 is 19.7 Å². The lowest BCUT2D eigenvalue weighted by atomic mass is 9.96. The lowest BCUT2D eigenvalue weighted by Crippen LogP contribution is -2.49. The van der Waals surface area contributed by atoms with E-state index >= 15 is 0 Å². The van der Waals surface area contributed by atoms with Crippen molar-refractivity contribution >= 4 is 6.09 Å². The van der Waals surface area contributed by atoms with E-state index in [9.17, 15) is 15.0 Å². The number of carbonyl (C=O) groups excluding carboxylic acids is 1. The zero-order valence-electron chi connectivity index (χ0n) is 11.2. The summed E-state index contributed by atoms with van der Waals surface area (Å²) in [5, 5.41) is 19.6. The van der Waals surface area contributed by atoms with Gasteiger partial charge in [0.25, 0.3) is 0 Å². The highest BCUT2D eigenvalue weighted by Gasteiger charge is 2.43. The van der Waals surface area contributed by atoms with Gasteiger partial charge < -0.3 is 14.9 Å². The van der Waals surface area contributed by atoms with Gasteiger partial charge in [-0.2, -0.15) is 0 Å². The molecule has 0 radical (unpaired) electrons. The van der Waals surface area contributed by atoms with E-state index in [0.29, 0.717) is 6.42 Å². The maximum atomic E-state index is 11.9. The second-order valence-electron chi connectivity index (χ2n) is 6.19. The second-order valence-corrected chi connectivity index (χ2v) is 6.19. The molecule has 2 N–H and O–H groups in total. The van der Waals surface area contributed by atoms with Gasteiger partial charge in [-0.05, 0) is 41.0 Å². The monoisotopic (exact) mass is 245 g/mol. The lowest BCUT2D eigenvalue weighted by Gasteiger charge is -2.34. The number of ether oxygens (including phenoxy) is 1. The van der Waals surface area contributed by atoms with Crippen LogP contribution in [0.3, 0.4) is 0 Å². The quantitative estimate of drug-likeness (QED) is 0.726. The Labute approximate surface area is 102 Å². The maximum absolute atomic E-state index is 11.9. The first-order valence-corrected chi connectivity index (χ1v) is 5.91. The molecule has 17 heavy (non-hydrogen) atoms. The topological polar surface area (TPSA) is 70.0 Å². The van der Waals surface area contributed by atoms with Crippen LogP contribution in [0.15, 0.2) is 0 Å². The zero-order valence-corrected chi connectivity index (χ0v) is 11.2. The molecule has 2 atom stereocenters. The van der Waals surface area contributed by atoms with Crippen LogP contribution in [0.1, 0.15) is 41.0 Å². The molecule has 1 aliphatic rings. The summed E-state index contributed by atoms with van der Waals surface area (Å²) < 4.78 is 5.26. The van der Waals surface area contributed by atoms with Crippen LogP contribution in [0, 0.1) is 0 Å². The summed E-state index contributed by atoms with van der Waals surface area (Å²) in [6.45, 7) is 8.84. The Morgan fingerprint density at radius 1 is 1.29 bits per heavy atom. The fourth-order valence-corrected chi connectivity index (χ4v) is 2.01. The molecule has 1 heterocycles. The first kappa shape index (κ1) is 14.3. The number of hydrogen-bond acceptors (Lipinski definition) is 4. The van der Waals surface area contributed by atoms with Crippen LogP contribution >= 0.6 is 0 Å². The molecule has 0 aromatic carbocycles. The van der Waals surface area contributed by atoms with Crippen LogP contribution in [-0.4, -0.2) is 51.1 Å². The number of β-amino-alcohol motifs (C(OH)–C–C–N with tert-alkyl or cyclic N) is 1. The summed E-state index contributed by atoms with van der Waals surface area (Å²) in [7, 11) is 0. The fourth-order valence-electron chi connectivity index (χ4n) is 2.01. The molecule has 1 saturated heterocycles. The molecule has 0 aliphatic carbocycles. The molecular formula is C12H23NO4. The van der Waals surface area contributed by atoms with Gasteiger partial charge in [0.2, 0.25) is 0 Å². The highest BCUT2D eigenvalue weighted by atomic mass is 16.6. The van der Waals surface area contributed by atoms with E-state index in [4.69, 9.17) is 4.74 Å². The molecule has 5 nitrogen and oxygen atoms in total. The Balaban J connectivity index is 2.78. The van der Waals surface area contributed by atoms with Gasteiger partial charge in [-0.25, -0.2) is 4.79 Å². The summed E-state index contributed by atoms with van der Waals surface area (Å²) in [4.78, 5) is 13.4. The Kier molecular flexibility index (Phi) is 3.74. The molecule has 0 bridgehead atoms. The molecule has 0 unspecified atom stereocenters. The Morgan fingerprint density at radius 2 is 1.82 bits per heavy atom. The molecular weight excluding hydrogens is 222 g/mol. The van der Waals surface area contributed by atoms with Crippen molar-refractivity contribution in [1.29, 1.82) is 0 Å². The van der Waals surface area contributed by atoms with Crippen LogP contribution < -0.4 is 0 Å². The van der Waals surface area contributed by atoms with Crippen LogP contribution in [0.5, 0.6) is 0 Å². The van der Waals surface area contributed by atoms with Crippen molar-refractivity contribution in [1.82, 2.24) is 4.90 Å². The SMILES string of the molecule is CC(C)(C)OC(=O)N1C[C@H](O)C[C@@H]1C(C)(C)O. The Bertz CT molecular complexity index is 290. The van der Waals surface area contributed by atoms with Crippen LogP contribution in [0.4, 0.5) is 4.79 Å². The van der Waals surface area contributed by atoms with Gasteiger partial charge in [-0.1, -0.05) is 0 Å². The smallest absolute Gasteiger partial charge is 0.410 e. The molecule has 1 aliphatic heterocycles. The minimum Gasteiger partial charge on any atom is -0.444 e. The molecule has 100 valence electrons. The van der Waals surface area contributed by atoms with Crippen molar-refractivity contribution in [2.24, 2.45) is 0 Å². The van der Waals surface area contributed by atoms with Gasteiger partial charge in [0.15, 0.2) is 0 Å². The molecule has 0 aromatic rings. The average molecular weight is 245 g/mol. The highest BCUT2D eigenvalue weighted by molar-refractivity contribution is 5.69. The first-order chi connectivity index (χ1) is 7.50. The van der Waals surface area contributed by atoms with Crippen molar-refractivity contribution in [2.45, 2.75) is 64.4 Å². The number of likely N-dealkylation sites (tertiary alicyclic amines) is 1. The first-order valence-electron chi connectivity index (χ1n) is 5.91. The number of rotatable bonds is 1. The number of nitrogens with zero attached hydrogens (tertiary/aromatic N) is 1. The number of amides is 1. The summed E-state index contributed by atoms with van der Waals surface area (Å²) in [5.74, 6) is 0. The maximum Gasteiger partial charge on any atom is 0.410 e. The highest BCUT2D eigenvalue weighted by Crippen LogP contribution is 2.28. The molecule has 5 heteroatoms. The van der Waals surface area contributed by atoms with Crippen molar-refractivity contribution in [2.75, 3.05) is 6.54 Å². The summed E-state index contributed by atoms with van der Waals surface area (Å²) >= 11 is 0. The molecule has 1 rings (SSSR count). The predicted octanol–water partition coefficient (Wildman–Crippen LogP) is 1.13. The van der Waals surface area contributed by atoms with Gasteiger partial charge in [0, 0.05) is 0 Å². The van der Waals surface area contributed by atoms with Gasteiger partial charge in [0.1, 0.15) is 5.60 Å². The van der Waals surface area contributed by atoms with Gasteiger partial charge in [-0.3, -0.25) is 4.90 Å². The third kappa shape index (κ3) is 3.85. The fraction of sp³-hybridized carbons (Fsp3) is 0.917. The second kappa shape index (κ2) is 4.46. The molecule has 0 aromatic heterocycles. The molecule has 1 fully saturated rings.